The summed E-state index contributed by atoms with van der Waals surface area (Å²) in [5.74, 6) is 0.708. The average Bonchev–Trinajstić information content (AvgIpc) is 2.70. The van der Waals surface area contributed by atoms with Gasteiger partial charge in [-0.15, -0.1) is 0 Å². The summed E-state index contributed by atoms with van der Waals surface area (Å²) in [5, 5.41) is 17.3. The van der Waals surface area contributed by atoms with Gasteiger partial charge in [0.1, 0.15) is 24.7 Å². The van der Waals surface area contributed by atoms with Crippen LogP contribution in [0.4, 0.5) is 0 Å². The van der Waals surface area contributed by atoms with E-state index >= 15 is 0 Å². The number of aliphatic hydroxyl groups excluding tert-OH is 2. The van der Waals surface area contributed by atoms with Crippen molar-refractivity contribution in [2.24, 2.45) is 0 Å². The SMILES string of the molecule is COc1cc(CCCC(=O)OCCO)c(OC)cc1CCCC(=O)OCCO. The lowest BCUT2D eigenvalue weighted by Gasteiger charge is -2.15. The summed E-state index contributed by atoms with van der Waals surface area (Å²) >= 11 is 0. The van der Waals surface area contributed by atoms with Crippen molar-refractivity contribution in [3.63, 3.8) is 0 Å². The fraction of sp³-hybridized carbons (Fsp3) is 0.600. The predicted octanol–water partition coefficient (Wildman–Crippen LogP) is 1.42. The van der Waals surface area contributed by atoms with Gasteiger partial charge in [-0.1, -0.05) is 0 Å². The molecule has 0 atom stereocenters. The minimum atomic E-state index is -0.343. The van der Waals surface area contributed by atoms with E-state index in [0.29, 0.717) is 37.2 Å². The number of carbonyl (C=O) groups is 2. The molecule has 2 N–H and O–H groups in total. The summed E-state index contributed by atoms with van der Waals surface area (Å²) in [7, 11) is 3.16. The quantitative estimate of drug-likeness (QED) is 0.453. The van der Waals surface area contributed by atoms with Crippen molar-refractivity contribution in [2.45, 2.75) is 38.5 Å². The van der Waals surface area contributed by atoms with Crippen LogP contribution >= 0.6 is 0 Å². The maximum absolute atomic E-state index is 11.5. The van der Waals surface area contributed by atoms with E-state index < -0.39 is 0 Å². The smallest absolute Gasteiger partial charge is 0.305 e. The largest absolute Gasteiger partial charge is 0.496 e. The van der Waals surface area contributed by atoms with Gasteiger partial charge in [-0.3, -0.25) is 9.59 Å². The molecule has 1 aromatic rings. The van der Waals surface area contributed by atoms with E-state index in [1.165, 1.54) is 0 Å². The number of esters is 2. The van der Waals surface area contributed by atoms with E-state index in [-0.39, 0.29) is 51.2 Å². The van der Waals surface area contributed by atoms with Gasteiger partial charge in [0.25, 0.3) is 0 Å². The van der Waals surface area contributed by atoms with E-state index in [0.717, 1.165) is 11.1 Å². The van der Waals surface area contributed by atoms with Crippen LogP contribution < -0.4 is 9.47 Å². The monoisotopic (exact) mass is 398 g/mol. The zero-order chi connectivity index (χ0) is 20.8. The second kappa shape index (κ2) is 13.8. The van der Waals surface area contributed by atoms with Crippen LogP contribution in [0.2, 0.25) is 0 Å². The summed E-state index contributed by atoms with van der Waals surface area (Å²) in [6.45, 7) is -0.342. The summed E-state index contributed by atoms with van der Waals surface area (Å²) in [4.78, 5) is 23.0. The normalized spacial score (nSPS) is 10.4. The summed E-state index contributed by atoms with van der Waals surface area (Å²) in [5.41, 5.74) is 1.83. The van der Waals surface area contributed by atoms with Crippen molar-refractivity contribution >= 4 is 11.9 Å². The molecule has 0 fully saturated rings. The Morgan fingerprint density at radius 1 is 0.786 bits per heavy atom. The molecule has 0 radical (unpaired) electrons. The number of hydrogen-bond donors (Lipinski definition) is 2. The lowest BCUT2D eigenvalue weighted by Crippen LogP contribution is -2.09. The zero-order valence-corrected chi connectivity index (χ0v) is 16.6. The predicted molar refractivity (Wildman–Crippen MR) is 102 cm³/mol. The molecule has 28 heavy (non-hydrogen) atoms. The van der Waals surface area contributed by atoms with Crippen molar-refractivity contribution in [2.75, 3.05) is 40.6 Å². The Bertz CT molecular complexity index is 561. The lowest BCUT2D eigenvalue weighted by molar-refractivity contribution is -0.145. The van der Waals surface area contributed by atoms with E-state index in [4.69, 9.17) is 29.2 Å². The number of rotatable bonds is 14. The Hall–Kier alpha value is -2.32. The van der Waals surface area contributed by atoms with Crippen LogP contribution in [0.1, 0.15) is 36.8 Å². The lowest BCUT2D eigenvalue weighted by atomic mass is 10.0. The van der Waals surface area contributed by atoms with Crippen LogP contribution in [0.5, 0.6) is 11.5 Å². The van der Waals surface area contributed by atoms with Crippen LogP contribution in [-0.4, -0.2) is 62.8 Å². The first-order valence-corrected chi connectivity index (χ1v) is 9.32. The van der Waals surface area contributed by atoms with Gasteiger partial charge in [0.15, 0.2) is 0 Å². The molecule has 0 amide bonds. The third-order valence-electron chi connectivity index (χ3n) is 4.05. The van der Waals surface area contributed by atoms with Crippen LogP contribution in [-0.2, 0) is 31.9 Å². The molecule has 0 aromatic heterocycles. The van der Waals surface area contributed by atoms with Crippen molar-refractivity contribution < 1.29 is 38.7 Å². The van der Waals surface area contributed by atoms with E-state index in [1.54, 1.807) is 14.2 Å². The van der Waals surface area contributed by atoms with Crippen LogP contribution in [0, 0.1) is 0 Å². The van der Waals surface area contributed by atoms with E-state index in [1.807, 2.05) is 12.1 Å². The van der Waals surface area contributed by atoms with Crippen LogP contribution in [0.25, 0.3) is 0 Å². The Morgan fingerprint density at radius 2 is 1.18 bits per heavy atom. The number of hydrogen-bond acceptors (Lipinski definition) is 8. The summed E-state index contributed by atoms with van der Waals surface area (Å²) in [6.07, 6.45) is 2.90. The van der Waals surface area contributed by atoms with E-state index in [9.17, 15) is 9.59 Å². The maximum atomic E-state index is 11.5. The molecule has 1 rings (SSSR count). The first kappa shape index (κ1) is 23.7. The zero-order valence-electron chi connectivity index (χ0n) is 16.6. The molecule has 8 heteroatoms. The molecular weight excluding hydrogens is 368 g/mol. The highest BCUT2D eigenvalue weighted by Crippen LogP contribution is 2.31. The number of aryl methyl sites for hydroxylation is 2. The Balaban J connectivity index is 2.66. The Morgan fingerprint density at radius 3 is 1.50 bits per heavy atom. The molecule has 0 heterocycles. The molecule has 0 bridgehead atoms. The fourth-order valence-electron chi connectivity index (χ4n) is 2.72. The number of benzene rings is 1. The topological polar surface area (TPSA) is 112 Å². The van der Waals surface area contributed by atoms with Crippen LogP contribution in [0.3, 0.4) is 0 Å². The first-order valence-electron chi connectivity index (χ1n) is 9.32. The Kier molecular flexibility index (Phi) is 11.7. The number of ether oxygens (including phenoxy) is 4. The van der Waals surface area contributed by atoms with Gasteiger partial charge in [0.2, 0.25) is 0 Å². The second-order valence-corrected chi connectivity index (χ2v) is 6.07. The van der Waals surface area contributed by atoms with Gasteiger partial charge in [0.05, 0.1) is 27.4 Å². The van der Waals surface area contributed by atoms with Crippen LogP contribution in [0.15, 0.2) is 12.1 Å². The molecular formula is C20H30O8. The highest BCUT2D eigenvalue weighted by molar-refractivity contribution is 5.69. The van der Waals surface area contributed by atoms with Gasteiger partial charge >= 0.3 is 11.9 Å². The van der Waals surface area contributed by atoms with Gasteiger partial charge in [-0.2, -0.15) is 0 Å². The third kappa shape index (κ3) is 8.58. The molecule has 158 valence electrons. The molecule has 8 nitrogen and oxygen atoms in total. The minimum absolute atomic E-state index is 0.0121. The van der Waals surface area contributed by atoms with Crippen molar-refractivity contribution in [3.05, 3.63) is 23.3 Å². The van der Waals surface area contributed by atoms with Gasteiger partial charge in [-0.05, 0) is 48.9 Å². The molecule has 0 aliphatic heterocycles. The van der Waals surface area contributed by atoms with Crippen molar-refractivity contribution in [3.8, 4) is 11.5 Å². The van der Waals surface area contributed by atoms with Gasteiger partial charge in [-0.25, -0.2) is 0 Å². The van der Waals surface area contributed by atoms with Gasteiger partial charge < -0.3 is 29.2 Å². The second-order valence-electron chi connectivity index (χ2n) is 6.07. The highest BCUT2D eigenvalue weighted by Gasteiger charge is 2.13. The standard InChI is InChI=1S/C20H30O8/c1-25-17-13-16(6-4-8-20(24)28-12-10-22)18(26-2)14-15(17)5-3-7-19(23)27-11-9-21/h13-14,21-22H,3-12H2,1-2H3. The fourth-order valence-corrected chi connectivity index (χ4v) is 2.72. The first-order chi connectivity index (χ1) is 13.5. The molecule has 1 aromatic carbocycles. The molecule has 0 aliphatic carbocycles. The number of aliphatic hydroxyl groups is 2. The third-order valence-corrected chi connectivity index (χ3v) is 4.05. The van der Waals surface area contributed by atoms with Crippen molar-refractivity contribution in [1.82, 2.24) is 0 Å². The molecule has 0 saturated carbocycles. The van der Waals surface area contributed by atoms with E-state index in [2.05, 4.69) is 0 Å². The molecule has 0 unspecified atom stereocenters. The Labute approximate surface area is 165 Å². The molecule has 0 spiro atoms. The minimum Gasteiger partial charge on any atom is -0.496 e. The highest BCUT2D eigenvalue weighted by atomic mass is 16.5. The summed E-state index contributed by atoms with van der Waals surface area (Å²) in [6, 6.07) is 3.77. The van der Waals surface area contributed by atoms with Crippen molar-refractivity contribution in [1.29, 1.82) is 0 Å². The molecule has 0 saturated heterocycles. The average molecular weight is 398 g/mol. The summed E-state index contributed by atoms with van der Waals surface area (Å²) < 4.78 is 20.6. The maximum Gasteiger partial charge on any atom is 0.305 e. The molecule has 0 aliphatic rings. The van der Waals surface area contributed by atoms with Gasteiger partial charge in [0, 0.05) is 12.8 Å². The number of carbonyl (C=O) groups excluding carboxylic acids is 2. The number of methoxy groups -OCH3 is 2.